The molecule has 0 bridgehead atoms. The first-order chi connectivity index (χ1) is 12.4. The second-order valence-electron chi connectivity index (χ2n) is 6.09. The lowest BCUT2D eigenvalue weighted by Crippen LogP contribution is -2.43. The van der Waals surface area contributed by atoms with E-state index in [1.54, 1.807) is 20.2 Å². The van der Waals surface area contributed by atoms with Gasteiger partial charge in [-0.2, -0.15) is 0 Å². The summed E-state index contributed by atoms with van der Waals surface area (Å²) in [5.74, 6) is 0.104. The average molecular weight is 353 g/mol. The van der Waals surface area contributed by atoms with Crippen molar-refractivity contribution in [2.75, 3.05) is 7.11 Å². The third kappa shape index (κ3) is 2.71. The van der Waals surface area contributed by atoms with E-state index in [4.69, 9.17) is 4.74 Å². The number of carbonyl (C=O) groups is 1. The minimum Gasteiger partial charge on any atom is -0.481 e. The summed E-state index contributed by atoms with van der Waals surface area (Å²) in [4.78, 5) is 41.5. The van der Waals surface area contributed by atoms with Crippen LogP contribution < -0.4 is 16.0 Å². The van der Waals surface area contributed by atoms with Crippen molar-refractivity contribution < 1.29 is 9.53 Å². The van der Waals surface area contributed by atoms with Crippen LogP contribution in [0.15, 0.2) is 40.1 Å². The Morgan fingerprint density at radius 2 is 1.85 bits per heavy atom. The number of rotatable bonds is 4. The van der Waals surface area contributed by atoms with Gasteiger partial charge in [0.2, 0.25) is 5.88 Å². The van der Waals surface area contributed by atoms with Crippen LogP contribution in [-0.4, -0.2) is 27.0 Å². The van der Waals surface area contributed by atoms with E-state index in [9.17, 15) is 14.4 Å². The molecular formula is C19H19N3O4. The van der Waals surface area contributed by atoms with Gasteiger partial charge in [-0.3, -0.25) is 14.2 Å². The summed E-state index contributed by atoms with van der Waals surface area (Å²) in [6.45, 7) is 2.93. The van der Waals surface area contributed by atoms with Crippen LogP contribution in [0, 0.1) is 6.92 Å². The Bertz CT molecular complexity index is 1140. The molecule has 26 heavy (non-hydrogen) atoms. The summed E-state index contributed by atoms with van der Waals surface area (Å²) < 4.78 is 7.66. The highest BCUT2D eigenvalue weighted by molar-refractivity contribution is 5.94. The predicted octanol–water partition coefficient (Wildman–Crippen LogP) is 1.66. The Morgan fingerprint density at radius 3 is 2.46 bits per heavy atom. The van der Waals surface area contributed by atoms with Crippen LogP contribution in [0.25, 0.3) is 10.8 Å². The number of aromatic nitrogens is 3. The molecular weight excluding hydrogens is 334 g/mol. The highest BCUT2D eigenvalue weighted by atomic mass is 16.5. The summed E-state index contributed by atoms with van der Waals surface area (Å²) in [5.41, 5.74) is 0.0219. The average Bonchev–Trinajstić information content (AvgIpc) is 2.63. The molecule has 3 aromatic rings. The number of carbonyl (C=O) groups excluding carboxylic acids is 1. The molecule has 0 N–H and O–H groups in total. The van der Waals surface area contributed by atoms with Crippen LogP contribution in [0.3, 0.4) is 0 Å². The van der Waals surface area contributed by atoms with Crippen molar-refractivity contribution in [3.63, 3.8) is 0 Å². The lowest BCUT2D eigenvalue weighted by atomic mass is 10.1. The molecule has 2 heterocycles. The first-order valence-corrected chi connectivity index (χ1v) is 8.08. The van der Waals surface area contributed by atoms with Gasteiger partial charge in [0.05, 0.1) is 13.7 Å². The van der Waals surface area contributed by atoms with E-state index in [0.717, 1.165) is 15.3 Å². The molecule has 0 fully saturated rings. The zero-order chi connectivity index (χ0) is 19.0. The zero-order valence-corrected chi connectivity index (χ0v) is 15.1. The molecule has 0 amide bonds. The number of ether oxygens (including phenoxy) is 1. The molecule has 0 aliphatic heterocycles. The van der Waals surface area contributed by atoms with Crippen LogP contribution >= 0.6 is 0 Å². The number of fused-ring (bicyclic) bond motifs is 1. The Morgan fingerprint density at radius 1 is 1.19 bits per heavy atom. The number of ketones is 1. The molecule has 0 saturated heterocycles. The third-order valence-electron chi connectivity index (χ3n) is 4.56. The van der Waals surface area contributed by atoms with Gasteiger partial charge in [0, 0.05) is 24.3 Å². The van der Waals surface area contributed by atoms with Crippen molar-refractivity contribution in [1.82, 2.24) is 14.1 Å². The Balaban J connectivity index is 2.26. The van der Waals surface area contributed by atoms with Gasteiger partial charge in [0.15, 0.2) is 5.78 Å². The van der Waals surface area contributed by atoms with Gasteiger partial charge >= 0.3 is 5.69 Å². The van der Waals surface area contributed by atoms with Gasteiger partial charge in [0.25, 0.3) is 5.56 Å². The van der Waals surface area contributed by atoms with E-state index in [1.165, 1.54) is 18.6 Å². The summed E-state index contributed by atoms with van der Waals surface area (Å²) in [5, 5.41) is 1.62. The highest BCUT2D eigenvalue weighted by Gasteiger charge is 2.19. The summed E-state index contributed by atoms with van der Waals surface area (Å²) in [7, 11) is 3.08. The first kappa shape index (κ1) is 17.6. The molecule has 2 aromatic heterocycles. The number of methoxy groups -OCH3 is 1. The summed E-state index contributed by atoms with van der Waals surface area (Å²) in [6, 6.07) is 7.47. The van der Waals surface area contributed by atoms with Crippen LogP contribution in [0.5, 0.6) is 5.88 Å². The normalized spacial score (nSPS) is 10.9. The lowest BCUT2D eigenvalue weighted by Gasteiger charge is -2.14. The van der Waals surface area contributed by atoms with Crippen molar-refractivity contribution in [3.05, 3.63) is 68.1 Å². The maximum absolute atomic E-state index is 12.8. The van der Waals surface area contributed by atoms with E-state index < -0.39 is 11.2 Å². The second-order valence-corrected chi connectivity index (χ2v) is 6.09. The Labute approximate surface area is 149 Å². The topological polar surface area (TPSA) is 83.2 Å². The third-order valence-corrected chi connectivity index (χ3v) is 4.56. The van der Waals surface area contributed by atoms with Crippen molar-refractivity contribution in [2.24, 2.45) is 7.05 Å². The molecule has 0 radical (unpaired) electrons. The Kier molecular flexibility index (Phi) is 4.46. The van der Waals surface area contributed by atoms with Crippen molar-refractivity contribution in [2.45, 2.75) is 20.4 Å². The van der Waals surface area contributed by atoms with Gasteiger partial charge in [-0.15, -0.1) is 0 Å². The van der Waals surface area contributed by atoms with Crippen LogP contribution in [0.2, 0.25) is 0 Å². The van der Waals surface area contributed by atoms with E-state index in [1.807, 2.05) is 24.3 Å². The van der Waals surface area contributed by atoms with Gasteiger partial charge in [-0.25, -0.2) is 9.78 Å². The summed E-state index contributed by atoms with van der Waals surface area (Å²) in [6.07, 6.45) is 1.58. The van der Waals surface area contributed by atoms with Crippen molar-refractivity contribution >= 4 is 16.6 Å². The highest BCUT2D eigenvalue weighted by Crippen LogP contribution is 2.26. The van der Waals surface area contributed by atoms with Gasteiger partial charge < -0.3 is 9.30 Å². The predicted molar refractivity (Wildman–Crippen MR) is 98.1 cm³/mol. The monoisotopic (exact) mass is 353 g/mol. The lowest BCUT2D eigenvalue weighted by molar-refractivity contribution is 0.101. The van der Waals surface area contributed by atoms with Crippen LogP contribution in [-0.2, 0) is 13.6 Å². The van der Waals surface area contributed by atoms with Crippen LogP contribution in [0.4, 0.5) is 0 Å². The van der Waals surface area contributed by atoms with Crippen molar-refractivity contribution in [3.8, 4) is 5.88 Å². The zero-order valence-electron chi connectivity index (χ0n) is 15.1. The molecule has 0 aliphatic carbocycles. The smallest absolute Gasteiger partial charge is 0.331 e. The molecule has 7 heteroatoms. The van der Waals surface area contributed by atoms with E-state index in [-0.39, 0.29) is 17.9 Å². The SMILES string of the molecule is COc1ncc(Cn2c(=O)c(C(C)=O)c(C)n(C)c2=O)c2ccccc12. The first-order valence-electron chi connectivity index (χ1n) is 8.08. The fourth-order valence-electron chi connectivity index (χ4n) is 3.10. The largest absolute Gasteiger partial charge is 0.481 e. The van der Waals surface area contributed by atoms with Crippen LogP contribution in [0.1, 0.15) is 28.5 Å². The van der Waals surface area contributed by atoms with Gasteiger partial charge in [-0.05, 0) is 30.9 Å². The summed E-state index contributed by atoms with van der Waals surface area (Å²) >= 11 is 0. The molecule has 0 spiro atoms. The maximum atomic E-state index is 12.8. The number of hydrogen-bond acceptors (Lipinski definition) is 5. The molecule has 3 rings (SSSR count). The fraction of sp³-hybridized carbons (Fsp3) is 0.263. The molecule has 1 aromatic carbocycles. The number of hydrogen-bond donors (Lipinski definition) is 0. The van der Waals surface area contributed by atoms with Crippen molar-refractivity contribution in [1.29, 1.82) is 0 Å². The van der Waals surface area contributed by atoms with Gasteiger partial charge in [0.1, 0.15) is 5.56 Å². The number of benzene rings is 1. The molecule has 7 nitrogen and oxygen atoms in total. The molecule has 134 valence electrons. The minimum absolute atomic E-state index is 0.0174. The van der Waals surface area contributed by atoms with Gasteiger partial charge in [-0.1, -0.05) is 18.2 Å². The number of nitrogens with zero attached hydrogens (tertiary/aromatic N) is 3. The molecule has 0 aliphatic rings. The molecule has 0 atom stereocenters. The fourth-order valence-corrected chi connectivity index (χ4v) is 3.10. The molecule has 0 unspecified atom stereocenters. The minimum atomic E-state index is -0.585. The second kappa shape index (κ2) is 6.59. The molecule has 0 saturated carbocycles. The van der Waals surface area contributed by atoms with E-state index in [0.29, 0.717) is 17.1 Å². The number of Topliss-reactive ketones (excluding diaryl/α,β-unsaturated/α-hetero) is 1. The van der Waals surface area contributed by atoms with E-state index >= 15 is 0 Å². The quantitative estimate of drug-likeness (QED) is 0.666. The maximum Gasteiger partial charge on any atom is 0.331 e. The Hall–Kier alpha value is -3.22. The number of pyridine rings is 1. The standard InChI is InChI=1S/C19H19N3O4/c1-11-16(12(2)23)18(24)22(19(25)21(11)3)10-13-9-20-17(26-4)15-8-6-5-7-14(13)15/h5-9H,10H2,1-4H3. The van der Waals surface area contributed by atoms with E-state index in [2.05, 4.69) is 4.98 Å².